The highest BCUT2D eigenvalue weighted by atomic mass is 79.9. The number of methoxy groups -OCH3 is 1. The first-order valence-electron chi connectivity index (χ1n) is 11.0. The highest BCUT2D eigenvalue weighted by Crippen LogP contribution is 2.41. The second-order valence-electron chi connectivity index (χ2n) is 7.97. The van der Waals surface area contributed by atoms with Gasteiger partial charge >= 0.3 is 5.97 Å². The number of halogens is 1. The van der Waals surface area contributed by atoms with Crippen LogP contribution in [0.4, 0.5) is 5.95 Å². The summed E-state index contributed by atoms with van der Waals surface area (Å²) in [5.41, 5.74) is 4.19. The molecule has 1 unspecified atom stereocenters. The smallest absolute Gasteiger partial charge is 0.338 e. The molecule has 0 fully saturated rings. The number of allylic oxidation sites excluding steroid dienone is 1. The van der Waals surface area contributed by atoms with Crippen molar-refractivity contribution in [1.82, 2.24) is 14.8 Å². The van der Waals surface area contributed by atoms with Crippen molar-refractivity contribution in [3.8, 4) is 5.75 Å². The number of carbonyl (C=O) groups excluding carboxylic acids is 1. The van der Waals surface area contributed by atoms with Crippen LogP contribution in [0, 0.1) is 6.92 Å². The number of hydrogen-bond donors (Lipinski definition) is 1. The molecule has 1 N–H and O–H groups in total. The monoisotopic (exact) mass is 542 g/mol. The van der Waals surface area contributed by atoms with Gasteiger partial charge in [-0.15, -0.1) is 5.10 Å². The van der Waals surface area contributed by atoms with Gasteiger partial charge in [0.25, 0.3) is 0 Å². The molecule has 2 heterocycles. The first kappa shape index (κ1) is 24.3. The number of hydrogen-bond acceptors (Lipinski definition) is 7. The van der Waals surface area contributed by atoms with Crippen LogP contribution in [0.2, 0.25) is 0 Å². The Bertz CT molecular complexity index is 1240. The quantitative estimate of drug-likeness (QED) is 0.280. The van der Waals surface area contributed by atoms with Crippen molar-refractivity contribution in [2.24, 2.45) is 0 Å². The van der Waals surface area contributed by atoms with E-state index >= 15 is 0 Å². The molecule has 1 aliphatic heterocycles. The molecule has 9 heteroatoms. The number of aromatic nitrogens is 3. The summed E-state index contributed by atoms with van der Waals surface area (Å²) < 4.78 is 14.1. The number of nitrogens with one attached hydrogen (secondary N) is 1. The van der Waals surface area contributed by atoms with Crippen LogP contribution in [0.3, 0.4) is 0 Å². The number of aryl methyl sites for hydroxylation is 1. The maximum absolute atomic E-state index is 12.9. The number of ether oxygens (including phenoxy) is 2. The molecule has 1 aliphatic rings. The van der Waals surface area contributed by atoms with Crippen LogP contribution in [-0.4, -0.2) is 33.6 Å². The fraction of sp³-hybridized carbons (Fsp3) is 0.320. The summed E-state index contributed by atoms with van der Waals surface area (Å²) in [5.74, 6) is 1.73. The van der Waals surface area contributed by atoms with E-state index in [1.807, 2.05) is 37.3 Å². The zero-order valence-electron chi connectivity index (χ0n) is 19.6. The molecule has 1 atom stereocenters. The Morgan fingerprint density at radius 1 is 1.24 bits per heavy atom. The summed E-state index contributed by atoms with van der Waals surface area (Å²) in [6.07, 6.45) is 1.01. The summed E-state index contributed by atoms with van der Waals surface area (Å²) in [5, 5.41) is 8.63. The summed E-state index contributed by atoms with van der Waals surface area (Å²) in [6.45, 7) is 6.43. The largest absolute Gasteiger partial charge is 0.489 e. The van der Waals surface area contributed by atoms with Gasteiger partial charge in [-0.1, -0.05) is 58.9 Å². The second-order valence-corrected chi connectivity index (χ2v) is 9.94. The van der Waals surface area contributed by atoms with Gasteiger partial charge in [0.05, 0.1) is 12.7 Å². The summed E-state index contributed by atoms with van der Waals surface area (Å²) in [4.78, 5) is 17.6. The van der Waals surface area contributed by atoms with Gasteiger partial charge in [0.2, 0.25) is 11.1 Å². The molecule has 0 saturated heterocycles. The van der Waals surface area contributed by atoms with Crippen LogP contribution < -0.4 is 10.1 Å². The van der Waals surface area contributed by atoms with Crippen molar-refractivity contribution < 1.29 is 14.3 Å². The number of fused-ring (bicyclic) bond motifs is 1. The molecule has 2 aromatic carbocycles. The van der Waals surface area contributed by atoms with Gasteiger partial charge in [-0.2, -0.15) is 4.98 Å². The van der Waals surface area contributed by atoms with Gasteiger partial charge in [-0.05, 0) is 49.6 Å². The minimum Gasteiger partial charge on any atom is -0.489 e. The van der Waals surface area contributed by atoms with Gasteiger partial charge in [0.1, 0.15) is 18.4 Å². The van der Waals surface area contributed by atoms with Gasteiger partial charge < -0.3 is 14.8 Å². The summed E-state index contributed by atoms with van der Waals surface area (Å²) in [7, 11) is 1.38. The van der Waals surface area contributed by atoms with E-state index in [9.17, 15) is 4.79 Å². The van der Waals surface area contributed by atoms with E-state index in [2.05, 4.69) is 52.2 Å². The van der Waals surface area contributed by atoms with Crippen LogP contribution in [0.15, 0.2) is 63.4 Å². The molecule has 7 nitrogen and oxygen atoms in total. The fourth-order valence-electron chi connectivity index (χ4n) is 3.84. The Hall–Kier alpha value is -2.78. The molecule has 0 saturated carbocycles. The van der Waals surface area contributed by atoms with Crippen molar-refractivity contribution in [3.05, 3.63) is 74.9 Å². The third-order valence-corrected chi connectivity index (χ3v) is 7.12. The van der Waals surface area contributed by atoms with Crippen LogP contribution in [0.5, 0.6) is 5.75 Å². The molecule has 0 aliphatic carbocycles. The van der Waals surface area contributed by atoms with Crippen LogP contribution >= 0.6 is 27.7 Å². The number of rotatable bonds is 8. The average molecular weight is 543 g/mol. The van der Waals surface area contributed by atoms with E-state index in [1.165, 1.54) is 7.11 Å². The number of esters is 1. The summed E-state index contributed by atoms with van der Waals surface area (Å²) in [6, 6.07) is 13.4. The molecule has 1 aromatic heterocycles. The Balaban J connectivity index is 1.80. The third-order valence-electron chi connectivity index (χ3n) is 5.58. The zero-order chi connectivity index (χ0) is 24.2. The molecule has 178 valence electrons. The molecular formula is C25H27BrN4O3S. The number of anilines is 1. The van der Waals surface area contributed by atoms with E-state index in [4.69, 9.17) is 14.6 Å². The Labute approximate surface area is 212 Å². The van der Waals surface area contributed by atoms with Crippen molar-refractivity contribution >= 4 is 39.6 Å². The molecule has 0 bridgehead atoms. The molecular weight excluding hydrogens is 516 g/mol. The lowest BCUT2D eigenvalue weighted by molar-refractivity contribution is -0.136. The maximum atomic E-state index is 12.9. The van der Waals surface area contributed by atoms with E-state index in [-0.39, 0.29) is 0 Å². The lowest BCUT2D eigenvalue weighted by Gasteiger charge is -2.29. The molecule has 0 spiro atoms. The molecule has 0 amide bonds. The van der Waals surface area contributed by atoms with E-state index in [0.717, 1.165) is 33.3 Å². The normalized spacial score (nSPS) is 15.0. The van der Waals surface area contributed by atoms with Crippen molar-refractivity contribution in [3.63, 3.8) is 0 Å². The Kier molecular flexibility index (Phi) is 7.63. The average Bonchev–Trinajstić information content (AvgIpc) is 3.23. The van der Waals surface area contributed by atoms with Gasteiger partial charge in [0, 0.05) is 21.5 Å². The maximum Gasteiger partial charge on any atom is 0.338 e. The van der Waals surface area contributed by atoms with Gasteiger partial charge in [-0.3, -0.25) is 0 Å². The molecule has 0 radical (unpaired) electrons. The van der Waals surface area contributed by atoms with E-state index in [0.29, 0.717) is 34.7 Å². The molecule has 3 aromatic rings. The first-order valence-corrected chi connectivity index (χ1v) is 12.8. The van der Waals surface area contributed by atoms with Crippen LogP contribution in [-0.2, 0) is 16.1 Å². The van der Waals surface area contributed by atoms with Crippen molar-refractivity contribution in [2.75, 3.05) is 18.2 Å². The number of thioether (sulfide) groups is 1. The van der Waals surface area contributed by atoms with Crippen molar-refractivity contribution in [1.29, 1.82) is 0 Å². The Morgan fingerprint density at radius 3 is 2.76 bits per heavy atom. The van der Waals surface area contributed by atoms with Crippen LogP contribution in [0.1, 0.15) is 43.0 Å². The predicted octanol–water partition coefficient (Wildman–Crippen LogP) is 5.89. The Morgan fingerprint density at radius 2 is 2.03 bits per heavy atom. The standard InChI is InChI=1S/C25H27BrN4O3S/c1-5-12-34-25-28-24-27-16(3)21(23(31)32-4)22(30(24)29-25)19-13-18(26)10-11-20(19)33-14-17-9-7-6-8-15(17)2/h6-11,13,22H,5,12,14H2,1-4H3,(H,27,28,29). The summed E-state index contributed by atoms with van der Waals surface area (Å²) >= 11 is 5.17. The highest BCUT2D eigenvalue weighted by Gasteiger charge is 2.36. The second kappa shape index (κ2) is 10.7. The fourth-order valence-corrected chi connectivity index (χ4v) is 4.90. The molecule has 4 rings (SSSR count). The SMILES string of the molecule is CCCSc1nc2n(n1)C(c1cc(Br)ccc1OCc1ccccc1C)C(C(=O)OC)=C(C)N2. The topological polar surface area (TPSA) is 78.3 Å². The van der Waals surface area contributed by atoms with Gasteiger partial charge in [-0.25, -0.2) is 9.48 Å². The number of nitrogens with zero attached hydrogens (tertiary/aromatic N) is 3. The van der Waals surface area contributed by atoms with Crippen molar-refractivity contribution in [2.45, 2.75) is 45.0 Å². The zero-order valence-corrected chi connectivity index (χ0v) is 22.0. The van der Waals surface area contributed by atoms with Crippen LogP contribution in [0.25, 0.3) is 0 Å². The number of carbonyl (C=O) groups is 1. The first-order chi connectivity index (χ1) is 16.4. The lowest BCUT2D eigenvalue weighted by atomic mass is 9.95. The minimum absolute atomic E-state index is 0.407. The molecule has 34 heavy (non-hydrogen) atoms. The lowest BCUT2D eigenvalue weighted by Crippen LogP contribution is -2.29. The highest BCUT2D eigenvalue weighted by molar-refractivity contribution is 9.10. The third kappa shape index (κ3) is 5.00. The predicted molar refractivity (Wildman–Crippen MR) is 137 cm³/mol. The van der Waals surface area contributed by atoms with E-state index < -0.39 is 12.0 Å². The van der Waals surface area contributed by atoms with E-state index in [1.54, 1.807) is 16.4 Å². The number of benzene rings is 2. The minimum atomic E-state index is -0.559. The van der Waals surface area contributed by atoms with Gasteiger partial charge in [0.15, 0.2) is 0 Å².